The molecule has 1 nitrogen and oxygen atoms in total. The Morgan fingerprint density at radius 3 is 1.36 bits per heavy atom. The number of hydrogen-bond donors (Lipinski definition) is 0. The van der Waals surface area contributed by atoms with E-state index in [0.29, 0.717) is 0 Å². The van der Waals surface area contributed by atoms with Gasteiger partial charge in [0.25, 0.3) is 0 Å². The van der Waals surface area contributed by atoms with E-state index in [1.807, 2.05) is 0 Å². The summed E-state index contributed by atoms with van der Waals surface area (Å²) in [6.45, 7) is 4.71. The van der Waals surface area contributed by atoms with Gasteiger partial charge in [0.2, 0.25) is 0 Å². The van der Waals surface area contributed by atoms with Gasteiger partial charge in [-0.25, -0.2) is 0 Å². The van der Waals surface area contributed by atoms with Crippen molar-refractivity contribution in [2.75, 3.05) is 4.90 Å². The second-order valence-corrected chi connectivity index (χ2v) is 15.5. The predicted molar refractivity (Wildman–Crippen MR) is 249 cm³/mol. The summed E-state index contributed by atoms with van der Waals surface area (Å²) in [6.07, 6.45) is 6.62. The van der Waals surface area contributed by atoms with Crippen LogP contribution in [0.2, 0.25) is 0 Å². The van der Waals surface area contributed by atoms with E-state index in [4.69, 9.17) is 0 Å². The van der Waals surface area contributed by atoms with Gasteiger partial charge in [-0.3, -0.25) is 0 Å². The maximum absolute atomic E-state index is 2.46. The van der Waals surface area contributed by atoms with E-state index in [1.54, 1.807) is 0 Å². The van der Waals surface area contributed by atoms with Crippen LogP contribution >= 0.6 is 0 Å². The third-order valence-electron chi connectivity index (χ3n) is 12.5. The van der Waals surface area contributed by atoms with Crippen molar-refractivity contribution in [1.29, 1.82) is 0 Å². The summed E-state index contributed by atoms with van der Waals surface area (Å²) in [5.41, 5.74) is 16.4. The summed E-state index contributed by atoms with van der Waals surface area (Å²) in [4.78, 5) is 2.38. The quantitative estimate of drug-likeness (QED) is 0.105. The van der Waals surface area contributed by atoms with Crippen LogP contribution in [0.5, 0.6) is 0 Å². The van der Waals surface area contributed by atoms with E-state index >= 15 is 0 Å². The molecule has 0 saturated heterocycles. The fourth-order valence-electron chi connectivity index (χ4n) is 9.66. The topological polar surface area (TPSA) is 3.24 Å². The Balaban J connectivity index is 1.00. The Morgan fingerprint density at radius 1 is 0.379 bits per heavy atom. The SMILES string of the molecule is CCC1(CC)c2cc(/C=C/c3ccc(-c4c(-c5ccccc5)c5ccccc5c5ccccc45)cc3)ccc2-c2ccc(N(c3ccccc3)c3ccccc3)cc21. The van der Waals surface area contributed by atoms with Crippen molar-refractivity contribution in [2.45, 2.75) is 32.1 Å². The van der Waals surface area contributed by atoms with Gasteiger partial charge in [0, 0.05) is 22.5 Å². The van der Waals surface area contributed by atoms with Crippen LogP contribution < -0.4 is 4.90 Å². The van der Waals surface area contributed by atoms with Crippen LogP contribution in [0, 0.1) is 0 Å². The first kappa shape index (κ1) is 35.5. The fourth-order valence-corrected chi connectivity index (χ4v) is 9.66. The molecule has 10 rings (SSSR count). The number of para-hydroxylation sites is 2. The van der Waals surface area contributed by atoms with Crippen LogP contribution in [0.1, 0.15) is 48.9 Å². The van der Waals surface area contributed by atoms with Crippen molar-refractivity contribution in [3.05, 3.63) is 222 Å². The monoisotopic (exact) mass is 743 g/mol. The van der Waals surface area contributed by atoms with Crippen molar-refractivity contribution in [3.8, 4) is 33.4 Å². The average molecular weight is 744 g/mol. The van der Waals surface area contributed by atoms with Crippen LogP contribution in [0.4, 0.5) is 17.1 Å². The van der Waals surface area contributed by atoms with Crippen LogP contribution in [-0.2, 0) is 5.41 Å². The minimum Gasteiger partial charge on any atom is -0.310 e. The molecule has 1 aliphatic carbocycles. The highest BCUT2D eigenvalue weighted by Gasteiger charge is 2.41. The lowest BCUT2D eigenvalue weighted by Gasteiger charge is -2.32. The van der Waals surface area contributed by atoms with Crippen molar-refractivity contribution in [1.82, 2.24) is 0 Å². The molecule has 0 atom stereocenters. The van der Waals surface area contributed by atoms with Gasteiger partial charge in [-0.2, -0.15) is 0 Å². The summed E-state index contributed by atoms with van der Waals surface area (Å²) in [5.74, 6) is 0. The average Bonchev–Trinajstić information content (AvgIpc) is 3.57. The third kappa shape index (κ3) is 5.94. The Kier molecular flexibility index (Phi) is 9.07. The van der Waals surface area contributed by atoms with Crippen molar-refractivity contribution < 1.29 is 0 Å². The molecule has 0 saturated carbocycles. The van der Waals surface area contributed by atoms with E-state index in [1.165, 1.54) is 82.9 Å². The molecule has 0 aromatic heterocycles. The smallest absolute Gasteiger partial charge is 0.0465 e. The molecule has 0 bridgehead atoms. The van der Waals surface area contributed by atoms with Crippen LogP contribution in [0.15, 0.2) is 200 Å². The first-order valence-electron chi connectivity index (χ1n) is 20.6. The van der Waals surface area contributed by atoms with Gasteiger partial charge < -0.3 is 4.90 Å². The Morgan fingerprint density at radius 2 is 0.810 bits per heavy atom. The van der Waals surface area contributed by atoms with Gasteiger partial charge in [-0.05, 0) is 126 Å². The van der Waals surface area contributed by atoms with Crippen molar-refractivity contribution in [2.24, 2.45) is 0 Å². The van der Waals surface area contributed by atoms with E-state index in [2.05, 4.69) is 231 Å². The Bertz CT molecular complexity index is 2900. The molecule has 9 aromatic carbocycles. The molecule has 0 amide bonds. The molecular formula is C57H45N. The van der Waals surface area contributed by atoms with E-state index in [9.17, 15) is 0 Å². The molecule has 0 spiro atoms. The summed E-state index contributed by atoms with van der Waals surface area (Å²) in [5, 5.41) is 5.13. The van der Waals surface area contributed by atoms with Crippen molar-refractivity contribution >= 4 is 50.8 Å². The zero-order chi connectivity index (χ0) is 39.1. The maximum atomic E-state index is 2.46. The van der Waals surface area contributed by atoms with Crippen LogP contribution in [0.25, 0.3) is 67.1 Å². The number of anilines is 3. The van der Waals surface area contributed by atoms with Gasteiger partial charge in [-0.15, -0.1) is 0 Å². The highest BCUT2D eigenvalue weighted by molar-refractivity contribution is 6.21. The number of fused-ring (bicyclic) bond motifs is 6. The summed E-state index contributed by atoms with van der Waals surface area (Å²) >= 11 is 0. The van der Waals surface area contributed by atoms with Gasteiger partial charge in [0.05, 0.1) is 0 Å². The van der Waals surface area contributed by atoms with Gasteiger partial charge >= 0.3 is 0 Å². The molecule has 0 aliphatic heterocycles. The molecule has 58 heavy (non-hydrogen) atoms. The van der Waals surface area contributed by atoms with E-state index < -0.39 is 0 Å². The van der Waals surface area contributed by atoms with Gasteiger partial charge in [-0.1, -0.05) is 190 Å². The van der Waals surface area contributed by atoms with Gasteiger partial charge in [0.15, 0.2) is 0 Å². The Hall–Kier alpha value is -6.96. The second-order valence-electron chi connectivity index (χ2n) is 15.5. The molecule has 0 heterocycles. The molecule has 1 aliphatic rings. The van der Waals surface area contributed by atoms with Crippen LogP contribution in [-0.4, -0.2) is 0 Å². The first-order chi connectivity index (χ1) is 28.7. The van der Waals surface area contributed by atoms with Gasteiger partial charge in [0.1, 0.15) is 0 Å². The number of nitrogens with zero attached hydrogens (tertiary/aromatic N) is 1. The second kappa shape index (κ2) is 14.8. The number of hydrogen-bond acceptors (Lipinski definition) is 1. The number of benzene rings is 9. The lowest BCUT2D eigenvalue weighted by molar-refractivity contribution is 0.490. The van der Waals surface area contributed by atoms with Crippen LogP contribution in [0.3, 0.4) is 0 Å². The minimum atomic E-state index is -0.0652. The largest absolute Gasteiger partial charge is 0.310 e. The fraction of sp³-hybridized carbons (Fsp3) is 0.0877. The lowest BCUT2D eigenvalue weighted by atomic mass is 9.73. The summed E-state index contributed by atoms with van der Waals surface area (Å²) < 4.78 is 0. The molecule has 278 valence electrons. The molecule has 0 radical (unpaired) electrons. The lowest BCUT2D eigenvalue weighted by Crippen LogP contribution is -2.23. The van der Waals surface area contributed by atoms with E-state index in [-0.39, 0.29) is 5.41 Å². The third-order valence-corrected chi connectivity index (χ3v) is 12.5. The predicted octanol–water partition coefficient (Wildman–Crippen LogP) is 16.1. The Labute approximate surface area is 342 Å². The highest BCUT2D eigenvalue weighted by Crippen LogP contribution is 2.54. The zero-order valence-corrected chi connectivity index (χ0v) is 33.1. The molecule has 0 unspecified atom stereocenters. The maximum Gasteiger partial charge on any atom is 0.0465 e. The standard InChI is InChI=1S/C57H45N/c1-3-57(4-2)53-38-41(32-36-49(53)50-37-35-46(39-54(50)57)58(44-20-10-6-11-21-44)45-22-12-7-13-23-45)29-28-40-30-33-43(34-31-40)56-52-27-17-15-25-48(52)47-24-14-16-26-51(47)55(56)42-18-8-5-9-19-42/h5-39H,3-4H2,1-2H3/b29-28+. The zero-order valence-electron chi connectivity index (χ0n) is 33.1. The molecule has 9 aromatic rings. The first-order valence-corrected chi connectivity index (χ1v) is 20.6. The molecule has 0 fully saturated rings. The molecule has 0 N–H and O–H groups in total. The molecule has 1 heteroatoms. The summed E-state index contributed by atoms with van der Waals surface area (Å²) in [7, 11) is 0. The number of rotatable bonds is 9. The highest BCUT2D eigenvalue weighted by atomic mass is 15.1. The molecular weight excluding hydrogens is 699 g/mol. The summed E-state index contributed by atoms with van der Waals surface area (Å²) in [6, 6.07) is 73.3. The minimum absolute atomic E-state index is 0.0652. The normalized spacial score (nSPS) is 12.9. The van der Waals surface area contributed by atoms with E-state index in [0.717, 1.165) is 24.2 Å². The van der Waals surface area contributed by atoms with Crippen molar-refractivity contribution in [3.63, 3.8) is 0 Å².